The fourth-order valence-electron chi connectivity index (χ4n) is 4.17. The number of amides is 1. The van der Waals surface area contributed by atoms with Crippen LogP contribution in [0.3, 0.4) is 0 Å². The Kier molecular flexibility index (Phi) is 7.86. The largest absolute Gasteiger partial charge is 0.456 e. The Morgan fingerprint density at radius 3 is 2.51 bits per heavy atom. The average molecular weight is 544 g/mol. The third-order valence-corrected chi connectivity index (χ3v) is 8.03. The maximum absolute atomic E-state index is 13.4. The first-order valence-corrected chi connectivity index (χ1v) is 13.0. The van der Waals surface area contributed by atoms with Crippen molar-refractivity contribution in [2.75, 3.05) is 18.5 Å². The fourth-order valence-corrected chi connectivity index (χ4v) is 5.96. The van der Waals surface area contributed by atoms with Crippen molar-refractivity contribution in [1.82, 2.24) is 4.31 Å². The number of nitrogens with one attached hydrogen (secondary N) is 1. The van der Waals surface area contributed by atoms with Gasteiger partial charge >= 0.3 is 5.97 Å². The third kappa shape index (κ3) is 5.96. The van der Waals surface area contributed by atoms with Gasteiger partial charge in [-0.05, 0) is 41.8 Å². The van der Waals surface area contributed by atoms with Gasteiger partial charge in [-0.25, -0.2) is 8.42 Å². The monoisotopic (exact) mass is 543 g/mol. The van der Waals surface area contributed by atoms with Crippen LogP contribution in [-0.2, 0) is 30.8 Å². The standard InChI is InChI=1S/C25H22ClN3O7S/c26-18-10-11-21(23(14-18)29(32)33)27-24(30)16-36-25(31)15-22-20-9-5-4-6-17(20)12-13-28(22)37(34,35)19-7-2-1-3-8-19/h1-11,14,22H,12-13,15-16H2,(H,27,30). The molecule has 0 aliphatic carbocycles. The summed E-state index contributed by atoms with van der Waals surface area (Å²) in [7, 11) is -3.92. The molecule has 3 aromatic rings. The summed E-state index contributed by atoms with van der Waals surface area (Å²) < 4.78 is 33.2. The van der Waals surface area contributed by atoms with Crippen molar-refractivity contribution >= 4 is 44.9 Å². The molecule has 0 spiro atoms. The van der Waals surface area contributed by atoms with Gasteiger partial charge in [-0.15, -0.1) is 0 Å². The smallest absolute Gasteiger partial charge is 0.308 e. The molecular formula is C25H22ClN3O7S. The van der Waals surface area contributed by atoms with E-state index in [-0.39, 0.29) is 28.6 Å². The van der Waals surface area contributed by atoms with E-state index in [1.807, 2.05) is 12.1 Å². The van der Waals surface area contributed by atoms with Gasteiger partial charge in [0.05, 0.1) is 22.3 Å². The molecule has 1 amide bonds. The number of carbonyl (C=O) groups is 2. The molecule has 3 aromatic carbocycles. The van der Waals surface area contributed by atoms with Crippen molar-refractivity contribution in [3.8, 4) is 0 Å². The van der Waals surface area contributed by atoms with E-state index in [2.05, 4.69) is 5.32 Å². The average Bonchev–Trinajstić information content (AvgIpc) is 2.89. The van der Waals surface area contributed by atoms with Gasteiger partial charge in [-0.2, -0.15) is 4.31 Å². The van der Waals surface area contributed by atoms with Crippen LogP contribution in [0.1, 0.15) is 23.6 Å². The zero-order valence-electron chi connectivity index (χ0n) is 19.4. The highest BCUT2D eigenvalue weighted by Gasteiger charge is 2.37. The Morgan fingerprint density at radius 2 is 1.78 bits per heavy atom. The van der Waals surface area contributed by atoms with E-state index in [0.29, 0.717) is 12.0 Å². The van der Waals surface area contributed by atoms with Gasteiger partial charge in [-0.3, -0.25) is 19.7 Å². The van der Waals surface area contributed by atoms with Crippen molar-refractivity contribution in [3.05, 3.63) is 99.1 Å². The van der Waals surface area contributed by atoms with E-state index in [1.54, 1.807) is 30.3 Å². The van der Waals surface area contributed by atoms with E-state index in [9.17, 15) is 28.1 Å². The normalized spacial score (nSPS) is 15.4. The number of fused-ring (bicyclic) bond motifs is 1. The molecule has 0 saturated carbocycles. The van der Waals surface area contributed by atoms with E-state index in [0.717, 1.165) is 11.6 Å². The molecule has 4 rings (SSSR count). The molecule has 1 unspecified atom stereocenters. The third-order valence-electron chi connectivity index (χ3n) is 5.87. The van der Waals surface area contributed by atoms with Crippen LogP contribution >= 0.6 is 11.6 Å². The molecule has 1 atom stereocenters. The lowest BCUT2D eigenvalue weighted by atomic mass is 9.92. The van der Waals surface area contributed by atoms with E-state index in [4.69, 9.17) is 16.3 Å². The molecule has 0 saturated heterocycles. The number of sulfonamides is 1. The second-order valence-electron chi connectivity index (χ2n) is 8.22. The second-order valence-corrected chi connectivity index (χ2v) is 10.6. The summed E-state index contributed by atoms with van der Waals surface area (Å²) in [6.45, 7) is -0.536. The molecule has 1 aliphatic rings. The second kappa shape index (κ2) is 11.1. The molecule has 192 valence electrons. The number of halogens is 1. The quantitative estimate of drug-likeness (QED) is 0.256. The number of benzene rings is 3. The topological polar surface area (TPSA) is 136 Å². The van der Waals surface area contributed by atoms with Crippen LogP contribution in [0.5, 0.6) is 0 Å². The van der Waals surface area contributed by atoms with E-state index >= 15 is 0 Å². The van der Waals surface area contributed by atoms with Crippen LogP contribution in [-0.4, -0.2) is 42.7 Å². The van der Waals surface area contributed by atoms with Crippen LogP contribution in [0.2, 0.25) is 5.02 Å². The Labute approximate surface area is 218 Å². The summed E-state index contributed by atoms with van der Waals surface area (Å²) in [4.78, 5) is 35.7. The highest BCUT2D eigenvalue weighted by molar-refractivity contribution is 7.89. The van der Waals surface area contributed by atoms with Crippen LogP contribution in [0.15, 0.2) is 77.7 Å². The molecule has 0 bridgehead atoms. The Hall–Kier alpha value is -3.80. The van der Waals surface area contributed by atoms with Crippen molar-refractivity contribution < 1.29 is 27.7 Å². The summed E-state index contributed by atoms with van der Waals surface area (Å²) in [5.41, 5.74) is 1.10. The minimum atomic E-state index is -3.92. The SMILES string of the molecule is O=C(COC(=O)CC1c2ccccc2CCN1S(=O)(=O)c1ccccc1)Nc1ccc(Cl)cc1[N+](=O)[O-]. The molecule has 37 heavy (non-hydrogen) atoms. The van der Waals surface area contributed by atoms with Crippen LogP contribution < -0.4 is 5.32 Å². The predicted molar refractivity (Wildman–Crippen MR) is 136 cm³/mol. The lowest BCUT2D eigenvalue weighted by Crippen LogP contribution is -2.41. The van der Waals surface area contributed by atoms with Crippen LogP contribution in [0.25, 0.3) is 0 Å². The summed E-state index contributed by atoms with van der Waals surface area (Å²) >= 11 is 5.78. The zero-order chi connectivity index (χ0) is 26.6. The van der Waals surface area contributed by atoms with Crippen LogP contribution in [0.4, 0.5) is 11.4 Å². The summed E-state index contributed by atoms with van der Waals surface area (Å²) in [6, 6.07) is 18.1. The lowest BCUT2D eigenvalue weighted by molar-refractivity contribution is -0.383. The van der Waals surface area contributed by atoms with Crippen molar-refractivity contribution in [3.63, 3.8) is 0 Å². The highest BCUT2D eigenvalue weighted by atomic mass is 35.5. The van der Waals surface area contributed by atoms with Crippen molar-refractivity contribution in [2.45, 2.75) is 23.8 Å². The van der Waals surface area contributed by atoms with E-state index in [1.165, 1.54) is 28.6 Å². The predicted octanol–water partition coefficient (Wildman–Crippen LogP) is 4.11. The minimum Gasteiger partial charge on any atom is -0.456 e. The number of anilines is 1. The maximum atomic E-state index is 13.4. The van der Waals surface area contributed by atoms with Gasteiger partial charge in [0.25, 0.3) is 11.6 Å². The first-order chi connectivity index (χ1) is 17.7. The first kappa shape index (κ1) is 26.3. The Balaban J connectivity index is 1.48. The molecule has 1 aliphatic heterocycles. The number of carbonyl (C=O) groups excluding carboxylic acids is 2. The number of hydrogen-bond donors (Lipinski definition) is 1. The number of nitrogens with zero attached hydrogens (tertiary/aromatic N) is 2. The first-order valence-electron chi connectivity index (χ1n) is 11.2. The van der Waals surface area contributed by atoms with Gasteiger partial charge < -0.3 is 10.1 Å². The summed E-state index contributed by atoms with van der Waals surface area (Å²) in [6.07, 6.45) is 0.160. The molecule has 0 aromatic heterocycles. The number of hydrogen-bond acceptors (Lipinski definition) is 7. The summed E-state index contributed by atoms with van der Waals surface area (Å²) in [5, 5.41) is 13.7. The van der Waals surface area contributed by atoms with Gasteiger partial charge in [0, 0.05) is 17.6 Å². The number of ether oxygens (including phenoxy) is 1. The molecule has 0 radical (unpaired) electrons. The van der Waals surface area contributed by atoms with E-state index < -0.39 is 45.2 Å². The van der Waals surface area contributed by atoms with Gasteiger partial charge in [0.2, 0.25) is 10.0 Å². The molecule has 0 fully saturated rings. The Morgan fingerprint density at radius 1 is 1.08 bits per heavy atom. The number of esters is 1. The summed E-state index contributed by atoms with van der Waals surface area (Å²) in [5.74, 6) is -1.59. The number of rotatable bonds is 8. The highest BCUT2D eigenvalue weighted by Crippen LogP contribution is 2.36. The molecule has 1 heterocycles. The Bertz CT molecular complexity index is 1450. The van der Waals surface area contributed by atoms with Gasteiger partial charge in [0.1, 0.15) is 5.69 Å². The van der Waals surface area contributed by atoms with Gasteiger partial charge in [-0.1, -0.05) is 54.1 Å². The molecule has 10 nitrogen and oxygen atoms in total. The molecular weight excluding hydrogens is 522 g/mol. The lowest BCUT2D eigenvalue weighted by Gasteiger charge is -2.36. The molecule has 12 heteroatoms. The van der Waals surface area contributed by atoms with Crippen molar-refractivity contribution in [2.24, 2.45) is 0 Å². The minimum absolute atomic E-state index is 0.100. The number of nitro groups is 1. The number of nitro benzene ring substituents is 1. The maximum Gasteiger partial charge on any atom is 0.308 e. The fraction of sp³-hybridized carbons (Fsp3) is 0.200. The van der Waals surface area contributed by atoms with Crippen molar-refractivity contribution in [1.29, 1.82) is 0 Å². The zero-order valence-corrected chi connectivity index (χ0v) is 20.9. The molecule has 1 N–H and O–H groups in total. The van der Waals surface area contributed by atoms with Crippen LogP contribution in [0, 0.1) is 10.1 Å². The van der Waals surface area contributed by atoms with Gasteiger partial charge in [0.15, 0.2) is 6.61 Å².